The SMILES string of the molecule is CC/C=C\C/C=C\C/C=C\C/C=C\C/C=C\C/C=C\C/C=C\C/C=C\C/C=C\C/C=C\CCCCC(=O)NC(COP(=O)(O)OCC[N+](C)(C)C)C(O)/C=C/CC/C=C/CCCCCCCCCC. The largest absolute Gasteiger partial charge is 0.472 e. The second-order valence-electron chi connectivity index (χ2n) is 18.5. The number of nitrogens with one attached hydrogen (secondary N) is 1. The standard InChI is InChI=1S/C60H99N2O6P/c1-6-8-10-12-14-16-18-20-22-23-24-25-26-27-28-29-30-31-32-33-34-35-36-37-38-39-40-42-44-46-48-50-52-54-60(64)61-58(57-68-69(65,66)67-56-55-62(3,4)5)59(63)53-51-49-47-45-43-41-21-19-17-15-13-11-9-7-2/h8,10,14,16,20,22,24-25,27-28,30-31,33-34,36-37,39-40,43-46,51,53,58-59,63H,6-7,9,11-13,15,17-19,21,23,26,29,32,35,38,41-42,47-50,52,54-57H2,1-5H3,(H-,61,64,65,66)/p+1/b10-8-,16-14-,22-20-,25-24-,28-27-,31-30-,34-33-,37-36-,40-39-,45-43+,46-44-,53-51+. The lowest BCUT2D eigenvalue weighted by atomic mass is 10.1. The number of carbonyl (C=O) groups excluding carboxylic acids is 1. The fourth-order valence-electron chi connectivity index (χ4n) is 6.61. The lowest BCUT2D eigenvalue weighted by Gasteiger charge is -2.25. The molecule has 3 N–H and O–H groups in total. The predicted molar refractivity (Wildman–Crippen MR) is 299 cm³/mol. The van der Waals surface area contributed by atoms with Crippen LogP contribution in [0.5, 0.6) is 0 Å². The molecule has 0 saturated carbocycles. The van der Waals surface area contributed by atoms with Gasteiger partial charge in [0.05, 0.1) is 39.9 Å². The molecule has 0 heterocycles. The van der Waals surface area contributed by atoms with E-state index in [1.165, 1.54) is 51.4 Å². The summed E-state index contributed by atoms with van der Waals surface area (Å²) in [7, 11) is 1.50. The number of hydrogen-bond donors (Lipinski definition) is 3. The molecule has 9 heteroatoms. The summed E-state index contributed by atoms with van der Waals surface area (Å²) in [4.78, 5) is 23.2. The molecular weight excluding hydrogens is 876 g/mol. The van der Waals surface area contributed by atoms with Crippen molar-refractivity contribution in [1.29, 1.82) is 0 Å². The van der Waals surface area contributed by atoms with Crippen molar-refractivity contribution in [3.05, 3.63) is 146 Å². The predicted octanol–water partition coefficient (Wildman–Crippen LogP) is 16.1. The lowest BCUT2D eigenvalue weighted by molar-refractivity contribution is -0.870. The van der Waals surface area contributed by atoms with E-state index in [1.807, 2.05) is 27.2 Å². The Balaban J connectivity index is 4.38. The van der Waals surface area contributed by atoms with Crippen LogP contribution in [0.25, 0.3) is 0 Å². The minimum atomic E-state index is -4.37. The number of phosphoric acid groups is 1. The molecule has 0 rings (SSSR count). The van der Waals surface area contributed by atoms with Crippen LogP contribution in [-0.4, -0.2) is 73.4 Å². The Labute approximate surface area is 423 Å². The molecule has 0 aliphatic rings. The van der Waals surface area contributed by atoms with Crippen LogP contribution in [0.3, 0.4) is 0 Å². The second kappa shape index (κ2) is 49.4. The summed E-state index contributed by atoms with van der Waals surface area (Å²) in [6.45, 7) is 4.60. The molecule has 0 aromatic heterocycles. The van der Waals surface area contributed by atoms with Gasteiger partial charge in [-0.05, 0) is 109 Å². The fourth-order valence-corrected chi connectivity index (χ4v) is 7.35. The van der Waals surface area contributed by atoms with Gasteiger partial charge >= 0.3 is 7.82 Å². The first-order valence-corrected chi connectivity index (χ1v) is 28.2. The van der Waals surface area contributed by atoms with Crippen LogP contribution in [0.4, 0.5) is 0 Å². The van der Waals surface area contributed by atoms with E-state index in [0.717, 1.165) is 96.3 Å². The summed E-state index contributed by atoms with van der Waals surface area (Å²) < 4.78 is 23.6. The molecule has 0 aromatic carbocycles. The average Bonchev–Trinajstić information content (AvgIpc) is 3.31. The Morgan fingerprint density at radius 1 is 0.507 bits per heavy atom. The highest BCUT2D eigenvalue weighted by molar-refractivity contribution is 7.47. The quantitative estimate of drug-likeness (QED) is 0.0243. The third-order valence-corrected chi connectivity index (χ3v) is 11.8. The molecule has 3 atom stereocenters. The van der Waals surface area contributed by atoms with E-state index < -0.39 is 20.0 Å². The van der Waals surface area contributed by atoms with Gasteiger partial charge in [-0.15, -0.1) is 0 Å². The highest BCUT2D eigenvalue weighted by Crippen LogP contribution is 2.43. The highest BCUT2D eigenvalue weighted by atomic mass is 31.2. The zero-order valence-corrected chi connectivity index (χ0v) is 45.1. The zero-order chi connectivity index (χ0) is 50.6. The topological polar surface area (TPSA) is 105 Å². The maximum atomic E-state index is 12.9. The number of likely N-dealkylation sites (N-methyl/N-ethyl adjacent to an activating group) is 1. The second-order valence-corrected chi connectivity index (χ2v) is 20.0. The monoisotopic (exact) mass is 976 g/mol. The molecule has 1 amide bonds. The van der Waals surface area contributed by atoms with Crippen LogP contribution in [0.2, 0.25) is 0 Å². The average molecular weight is 976 g/mol. The van der Waals surface area contributed by atoms with Crippen LogP contribution >= 0.6 is 7.82 Å². The molecule has 0 aliphatic heterocycles. The fraction of sp³-hybridized carbons (Fsp3) is 0.583. The van der Waals surface area contributed by atoms with E-state index in [1.54, 1.807) is 6.08 Å². The van der Waals surface area contributed by atoms with E-state index in [4.69, 9.17) is 9.05 Å². The summed E-state index contributed by atoms with van der Waals surface area (Å²) in [5.74, 6) is -0.237. The molecule has 0 saturated heterocycles. The minimum Gasteiger partial charge on any atom is -0.387 e. The molecule has 0 aliphatic carbocycles. The number of allylic oxidation sites excluding steroid dienone is 23. The van der Waals surface area contributed by atoms with Gasteiger partial charge in [0, 0.05) is 6.42 Å². The molecule has 0 fully saturated rings. The zero-order valence-electron chi connectivity index (χ0n) is 44.2. The van der Waals surface area contributed by atoms with Gasteiger partial charge in [0.1, 0.15) is 13.2 Å². The van der Waals surface area contributed by atoms with Crippen molar-refractivity contribution in [3.8, 4) is 0 Å². The normalized spacial score (nSPS) is 15.2. The molecule has 390 valence electrons. The molecule has 0 aromatic rings. The molecule has 3 unspecified atom stereocenters. The van der Waals surface area contributed by atoms with Crippen LogP contribution in [0.1, 0.15) is 174 Å². The van der Waals surface area contributed by atoms with Gasteiger partial charge in [-0.3, -0.25) is 13.8 Å². The van der Waals surface area contributed by atoms with Gasteiger partial charge in [0.15, 0.2) is 0 Å². The Morgan fingerprint density at radius 2 is 0.884 bits per heavy atom. The molecule has 0 radical (unpaired) electrons. The number of nitrogens with zero attached hydrogens (tertiary/aromatic N) is 1. The number of unbranched alkanes of at least 4 members (excludes halogenated alkanes) is 11. The molecule has 8 nitrogen and oxygen atoms in total. The van der Waals surface area contributed by atoms with E-state index in [2.05, 4.69) is 153 Å². The third kappa shape index (κ3) is 52.0. The van der Waals surface area contributed by atoms with Crippen LogP contribution < -0.4 is 5.32 Å². The first kappa shape index (κ1) is 65.4. The number of aliphatic hydroxyl groups excluding tert-OH is 1. The van der Waals surface area contributed by atoms with Crippen molar-refractivity contribution >= 4 is 13.7 Å². The van der Waals surface area contributed by atoms with E-state index in [-0.39, 0.29) is 25.5 Å². The van der Waals surface area contributed by atoms with Gasteiger partial charge in [0.2, 0.25) is 5.91 Å². The van der Waals surface area contributed by atoms with Crippen molar-refractivity contribution in [2.24, 2.45) is 0 Å². The maximum absolute atomic E-state index is 12.9. The van der Waals surface area contributed by atoms with Gasteiger partial charge < -0.3 is 19.8 Å². The summed E-state index contributed by atoms with van der Waals surface area (Å²) in [6, 6.07) is -0.897. The summed E-state index contributed by atoms with van der Waals surface area (Å²) >= 11 is 0. The number of amides is 1. The van der Waals surface area contributed by atoms with Gasteiger partial charge in [-0.2, -0.15) is 0 Å². The third-order valence-electron chi connectivity index (χ3n) is 10.8. The van der Waals surface area contributed by atoms with Crippen molar-refractivity contribution in [2.45, 2.75) is 187 Å². The first-order chi connectivity index (χ1) is 33.5. The van der Waals surface area contributed by atoms with E-state index in [0.29, 0.717) is 17.4 Å². The summed E-state index contributed by atoms with van der Waals surface area (Å²) in [6.07, 6.45) is 76.6. The van der Waals surface area contributed by atoms with Crippen LogP contribution in [0, 0.1) is 0 Å². The number of carbonyl (C=O) groups is 1. The van der Waals surface area contributed by atoms with Crippen molar-refractivity contribution in [2.75, 3.05) is 40.9 Å². The van der Waals surface area contributed by atoms with E-state index >= 15 is 0 Å². The first-order valence-electron chi connectivity index (χ1n) is 26.7. The minimum absolute atomic E-state index is 0.0388. The summed E-state index contributed by atoms with van der Waals surface area (Å²) in [5.41, 5.74) is 0. The molecule has 0 spiro atoms. The smallest absolute Gasteiger partial charge is 0.387 e. The maximum Gasteiger partial charge on any atom is 0.472 e. The van der Waals surface area contributed by atoms with E-state index in [9.17, 15) is 19.4 Å². The molecule has 0 bridgehead atoms. The van der Waals surface area contributed by atoms with Crippen molar-refractivity contribution in [1.82, 2.24) is 5.32 Å². The van der Waals surface area contributed by atoms with Crippen LogP contribution in [-0.2, 0) is 18.4 Å². The lowest BCUT2D eigenvalue weighted by Crippen LogP contribution is -2.45. The number of rotatable bonds is 46. The Hall–Kier alpha value is -3.62. The molecular formula is C60H100N2O6P+. The highest BCUT2D eigenvalue weighted by Gasteiger charge is 2.27. The van der Waals surface area contributed by atoms with Gasteiger partial charge in [0.25, 0.3) is 0 Å². The summed E-state index contributed by atoms with van der Waals surface area (Å²) in [5, 5.41) is 13.8. The van der Waals surface area contributed by atoms with Crippen LogP contribution in [0.15, 0.2) is 146 Å². The Kier molecular flexibility index (Phi) is 46.8. The van der Waals surface area contributed by atoms with Crippen molar-refractivity contribution in [3.63, 3.8) is 0 Å². The van der Waals surface area contributed by atoms with Gasteiger partial charge in [-0.1, -0.05) is 205 Å². The number of phosphoric ester groups is 1. The number of quaternary nitrogens is 1. The number of aliphatic hydroxyl groups is 1. The Morgan fingerprint density at radius 3 is 1.33 bits per heavy atom. The molecule has 69 heavy (non-hydrogen) atoms. The Bertz CT molecular complexity index is 1620. The number of hydrogen-bond acceptors (Lipinski definition) is 5. The van der Waals surface area contributed by atoms with Gasteiger partial charge in [-0.25, -0.2) is 4.57 Å². The van der Waals surface area contributed by atoms with Crippen molar-refractivity contribution < 1.29 is 32.9 Å².